The summed E-state index contributed by atoms with van der Waals surface area (Å²) in [6.07, 6.45) is 2.18. The Morgan fingerprint density at radius 2 is 1.65 bits per heavy atom. The van der Waals surface area contributed by atoms with Crippen LogP contribution in [0.15, 0.2) is 54.6 Å². The molecular formula is C24H31N3O3S. The molecule has 2 heterocycles. The predicted molar refractivity (Wildman–Crippen MR) is 122 cm³/mol. The number of nitrogens with one attached hydrogen (secondary N) is 1. The van der Waals surface area contributed by atoms with Crippen molar-refractivity contribution in [2.45, 2.75) is 51.4 Å². The maximum Gasteiger partial charge on any atom is 0.239 e. The number of piperidine rings is 1. The molecule has 2 aromatic carbocycles. The number of hydrogen-bond acceptors (Lipinski definition) is 4. The normalized spacial score (nSPS) is 20.9. The van der Waals surface area contributed by atoms with E-state index >= 15 is 0 Å². The van der Waals surface area contributed by atoms with Gasteiger partial charge in [0.1, 0.15) is 6.04 Å². The number of likely N-dealkylation sites (tertiary alicyclic amines) is 1. The quantitative estimate of drug-likeness (QED) is 0.748. The maximum absolute atomic E-state index is 13.2. The Morgan fingerprint density at radius 1 is 1.00 bits per heavy atom. The number of rotatable bonds is 6. The summed E-state index contributed by atoms with van der Waals surface area (Å²) in [5.74, 6) is -0.176. The van der Waals surface area contributed by atoms with Crippen LogP contribution in [0.3, 0.4) is 0 Å². The molecule has 0 bridgehead atoms. The minimum atomic E-state index is -3.48. The number of benzene rings is 2. The van der Waals surface area contributed by atoms with Crippen molar-refractivity contribution in [2.75, 3.05) is 18.8 Å². The molecule has 2 aliphatic heterocycles. The third kappa shape index (κ3) is 5.17. The van der Waals surface area contributed by atoms with E-state index in [1.165, 1.54) is 9.87 Å². The topological polar surface area (TPSA) is 69.7 Å². The summed E-state index contributed by atoms with van der Waals surface area (Å²) < 4.78 is 26.9. The molecule has 1 atom stereocenters. The Labute approximate surface area is 185 Å². The van der Waals surface area contributed by atoms with Crippen LogP contribution in [0, 0.1) is 0 Å². The van der Waals surface area contributed by atoms with E-state index in [0.29, 0.717) is 6.42 Å². The van der Waals surface area contributed by atoms with E-state index in [1.807, 2.05) is 30.3 Å². The zero-order valence-electron chi connectivity index (χ0n) is 18.0. The predicted octanol–water partition coefficient (Wildman–Crippen LogP) is 2.54. The first-order valence-electron chi connectivity index (χ1n) is 11.1. The number of sulfonamides is 1. The number of carbonyl (C=O) groups is 1. The molecule has 2 aromatic rings. The fraction of sp³-hybridized carbons (Fsp3) is 0.458. The second kappa shape index (κ2) is 9.51. The van der Waals surface area contributed by atoms with Gasteiger partial charge in [-0.25, -0.2) is 8.42 Å². The number of hydrogen-bond donors (Lipinski definition) is 1. The Hall–Kier alpha value is -2.22. The van der Waals surface area contributed by atoms with E-state index in [2.05, 4.69) is 34.5 Å². The van der Waals surface area contributed by atoms with Gasteiger partial charge in [0, 0.05) is 32.2 Å². The third-order valence-corrected chi connectivity index (χ3v) is 8.24. The lowest BCUT2D eigenvalue weighted by Crippen LogP contribution is -2.55. The highest BCUT2D eigenvalue weighted by atomic mass is 32.2. The molecule has 0 aliphatic carbocycles. The van der Waals surface area contributed by atoms with Crippen molar-refractivity contribution in [3.8, 4) is 0 Å². The van der Waals surface area contributed by atoms with Crippen LogP contribution in [0.5, 0.6) is 0 Å². The van der Waals surface area contributed by atoms with E-state index in [1.54, 1.807) is 6.92 Å². The van der Waals surface area contributed by atoms with E-state index < -0.39 is 16.1 Å². The molecule has 1 unspecified atom stereocenters. The number of nitrogens with zero attached hydrogens (tertiary/aromatic N) is 2. The molecule has 6 nitrogen and oxygen atoms in total. The molecule has 1 saturated heterocycles. The lowest BCUT2D eigenvalue weighted by atomic mass is 9.95. The second-order valence-corrected chi connectivity index (χ2v) is 10.7. The molecule has 7 heteroatoms. The summed E-state index contributed by atoms with van der Waals surface area (Å²) in [4.78, 5) is 15.6. The van der Waals surface area contributed by atoms with Gasteiger partial charge in [-0.05, 0) is 42.9 Å². The molecule has 4 rings (SSSR count). The molecule has 0 saturated carbocycles. The van der Waals surface area contributed by atoms with Crippen LogP contribution in [0.2, 0.25) is 0 Å². The van der Waals surface area contributed by atoms with Crippen molar-refractivity contribution in [3.05, 3.63) is 71.3 Å². The minimum absolute atomic E-state index is 0.00315. The average molecular weight is 442 g/mol. The molecule has 2 aliphatic rings. The van der Waals surface area contributed by atoms with E-state index in [-0.39, 0.29) is 24.2 Å². The van der Waals surface area contributed by atoms with Crippen molar-refractivity contribution in [3.63, 3.8) is 0 Å². The van der Waals surface area contributed by atoms with Gasteiger partial charge < -0.3 is 5.32 Å². The minimum Gasteiger partial charge on any atom is -0.352 e. The molecule has 1 N–H and O–H groups in total. The van der Waals surface area contributed by atoms with Gasteiger partial charge in [-0.2, -0.15) is 4.31 Å². The van der Waals surface area contributed by atoms with Crippen molar-refractivity contribution in [1.29, 1.82) is 0 Å². The SMILES string of the molecule is CCS(=O)(=O)N1Cc2ccccc2CC1C(=O)NC1CCN(Cc2ccccc2)CC1. The van der Waals surface area contributed by atoms with Crippen LogP contribution in [0.25, 0.3) is 0 Å². The second-order valence-electron chi connectivity index (χ2n) is 8.48. The van der Waals surface area contributed by atoms with Crippen molar-refractivity contribution in [1.82, 2.24) is 14.5 Å². The summed E-state index contributed by atoms with van der Waals surface area (Å²) >= 11 is 0. The largest absolute Gasteiger partial charge is 0.352 e. The summed E-state index contributed by atoms with van der Waals surface area (Å²) in [5, 5.41) is 3.16. The zero-order valence-corrected chi connectivity index (χ0v) is 18.9. The number of fused-ring (bicyclic) bond motifs is 1. The van der Waals surface area contributed by atoms with E-state index in [4.69, 9.17) is 0 Å². The summed E-state index contributed by atoms with van der Waals surface area (Å²) in [5.41, 5.74) is 3.34. The molecule has 166 valence electrons. The number of amides is 1. The third-order valence-electron chi connectivity index (χ3n) is 6.41. The van der Waals surface area contributed by atoms with Gasteiger partial charge in [-0.15, -0.1) is 0 Å². The van der Waals surface area contributed by atoms with Gasteiger partial charge in [0.25, 0.3) is 0 Å². The van der Waals surface area contributed by atoms with Crippen molar-refractivity contribution < 1.29 is 13.2 Å². The van der Waals surface area contributed by atoms with Crippen LogP contribution in [0.1, 0.15) is 36.5 Å². The van der Waals surface area contributed by atoms with Crippen LogP contribution >= 0.6 is 0 Å². The van der Waals surface area contributed by atoms with Gasteiger partial charge in [0.15, 0.2) is 0 Å². The van der Waals surface area contributed by atoms with Gasteiger partial charge in [0.05, 0.1) is 5.75 Å². The van der Waals surface area contributed by atoms with Crippen molar-refractivity contribution >= 4 is 15.9 Å². The standard InChI is InChI=1S/C24H31N3O3S/c1-2-31(29,30)27-18-21-11-7-6-10-20(21)16-23(27)24(28)25-22-12-14-26(15-13-22)17-19-8-4-3-5-9-19/h3-11,22-23H,2,12-18H2,1H3,(H,25,28). The van der Waals surface area contributed by atoms with E-state index in [0.717, 1.165) is 43.6 Å². The first-order valence-corrected chi connectivity index (χ1v) is 12.7. The van der Waals surface area contributed by atoms with Gasteiger partial charge in [0.2, 0.25) is 15.9 Å². The molecule has 1 fully saturated rings. The maximum atomic E-state index is 13.2. The average Bonchev–Trinajstić information content (AvgIpc) is 2.80. The summed E-state index contributed by atoms with van der Waals surface area (Å²) in [6, 6.07) is 17.6. The zero-order chi connectivity index (χ0) is 21.8. The Morgan fingerprint density at radius 3 is 2.32 bits per heavy atom. The Balaban J connectivity index is 1.39. The highest BCUT2D eigenvalue weighted by Crippen LogP contribution is 2.26. The lowest BCUT2D eigenvalue weighted by molar-refractivity contribution is -0.126. The molecular weight excluding hydrogens is 410 g/mol. The fourth-order valence-corrected chi connectivity index (χ4v) is 5.78. The van der Waals surface area contributed by atoms with Gasteiger partial charge in [-0.3, -0.25) is 9.69 Å². The molecule has 31 heavy (non-hydrogen) atoms. The summed E-state index contributed by atoms with van der Waals surface area (Å²) in [7, 11) is -3.48. The number of carbonyl (C=O) groups excluding carboxylic acids is 1. The summed E-state index contributed by atoms with van der Waals surface area (Å²) in [6.45, 7) is 4.66. The highest BCUT2D eigenvalue weighted by molar-refractivity contribution is 7.89. The Bertz CT molecular complexity index is 1000. The molecule has 1 amide bonds. The van der Waals surface area contributed by atoms with Crippen LogP contribution < -0.4 is 5.32 Å². The molecule has 0 radical (unpaired) electrons. The first kappa shape index (κ1) is 22.0. The molecule has 0 aromatic heterocycles. The fourth-order valence-electron chi connectivity index (χ4n) is 4.56. The lowest BCUT2D eigenvalue weighted by Gasteiger charge is -2.37. The monoisotopic (exact) mass is 441 g/mol. The smallest absolute Gasteiger partial charge is 0.239 e. The van der Waals surface area contributed by atoms with Gasteiger partial charge >= 0.3 is 0 Å². The van der Waals surface area contributed by atoms with Gasteiger partial charge in [-0.1, -0.05) is 54.6 Å². The first-order chi connectivity index (χ1) is 15.0. The van der Waals surface area contributed by atoms with E-state index in [9.17, 15) is 13.2 Å². The van der Waals surface area contributed by atoms with Crippen LogP contribution in [-0.2, 0) is 34.3 Å². The Kier molecular flexibility index (Phi) is 6.74. The highest BCUT2D eigenvalue weighted by Gasteiger charge is 2.38. The van der Waals surface area contributed by atoms with Crippen LogP contribution in [0.4, 0.5) is 0 Å². The van der Waals surface area contributed by atoms with Crippen LogP contribution in [-0.4, -0.2) is 54.5 Å². The molecule has 0 spiro atoms. The van der Waals surface area contributed by atoms with Crippen molar-refractivity contribution in [2.24, 2.45) is 0 Å².